The van der Waals surface area contributed by atoms with Gasteiger partial charge in [0.15, 0.2) is 10.9 Å². The number of aryl methyl sites for hydroxylation is 1. The molecule has 0 spiro atoms. The molecule has 0 saturated carbocycles. The van der Waals surface area contributed by atoms with E-state index in [2.05, 4.69) is 21.9 Å². The molecule has 142 valence electrons. The zero-order valence-corrected chi connectivity index (χ0v) is 17.1. The number of hydrogen-bond acceptors (Lipinski definition) is 7. The number of fused-ring (bicyclic) bond motifs is 1. The fourth-order valence-electron chi connectivity index (χ4n) is 2.85. The van der Waals surface area contributed by atoms with Crippen LogP contribution in [0.1, 0.15) is 44.1 Å². The highest BCUT2D eigenvalue weighted by Crippen LogP contribution is 2.38. The van der Waals surface area contributed by atoms with Crippen molar-refractivity contribution in [2.45, 2.75) is 30.8 Å². The first-order valence-corrected chi connectivity index (χ1v) is 10.5. The first-order valence-electron chi connectivity index (χ1n) is 8.35. The summed E-state index contributed by atoms with van der Waals surface area (Å²) in [5, 5.41) is 3.86. The van der Waals surface area contributed by atoms with Crippen LogP contribution in [0.4, 0.5) is 5.00 Å². The molecule has 1 amide bonds. The summed E-state index contributed by atoms with van der Waals surface area (Å²) in [4.78, 5) is 34.5. The van der Waals surface area contributed by atoms with Crippen LogP contribution in [-0.4, -0.2) is 34.7 Å². The minimum atomic E-state index is -0.480. The molecule has 1 N–H and O–H groups in total. The number of aromatic nitrogens is 2. The smallest absolute Gasteiger partial charge is 0.341 e. The number of carbonyl (C=O) groups is 2. The molecule has 0 fully saturated rings. The maximum Gasteiger partial charge on any atom is 0.341 e. The zero-order valence-electron chi connectivity index (χ0n) is 14.7. The fourth-order valence-corrected chi connectivity index (χ4v) is 4.85. The molecule has 1 aliphatic rings. The number of thioether (sulfide) groups is 1. The van der Waals surface area contributed by atoms with Crippen LogP contribution < -0.4 is 5.32 Å². The summed E-state index contributed by atoms with van der Waals surface area (Å²) >= 11 is 8.88. The second kappa shape index (κ2) is 8.86. The lowest BCUT2D eigenvalue weighted by Gasteiger charge is -2.11. The van der Waals surface area contributed by atoms with E-state index in [1.165, 1.54) is 36.4 Å². The Bertz CT molecular complexity index is 898. The van der Waals surface area contributed by atoms with Gasteiger partial charge in [-0.2, -0.15) is 0 Å². The van der Waals surface area contributed by atoms with Gasteiger partial charge in [0.25, 0.3) is 5.91 Å². The van der Waals surface area contributed by atoms with Gasteiger partial charge in [-0.05, 0) is 31.2 Å². The molecule has 0 aliphatic heterocycles. The van der Waals surface area contributed by atoms with Crippen molar-refractivity contribution >= 4 is 51.6 Å². The van der Waals surface area contributed by atoms with Crippen LogP contribution in [-0.2, 0) is 17.6 Å². The molecule has 3 rings (SSSR count). The van der Waals surface area contributed by atoms with Crippen LogP contribution in [0.15, 0.2) is 24.0 Å². The predicted molar refractivity (Wildman–Crippen MR) is 108 cm³/mol. The molecule has 2 aromatic rings. The first kappa shape index (κ1) is 19.9. The minimum absolute atomic E-state index is 0.0698. The van der Waals surface area contributed by atoms with Crippen molar-refractivity contribution in [1.82, 2.24) is 9.97 Å². The van der Waals surface area contributed by atoms with E-state index in [0.717, 1.165) is 36.1 Å². The highest BCUT2D eigenvalue weighted by Gasteiger charge is 2.27. The van der Waals surface area contributed by atoms with Gasteiger partial charge in [0.1, 0.15) is 5.00 Å². The van der Waals surface area contributed by atoms with Crippen molar-refractivity contribution in [3.63, 3.8) is 0 Å². The summed E-state index contributed by atoms with van der Waals surface area (Å²) in [5.41, 5.74) is 1.49. The Hall–Kier alpha value is -1.90. The monoisotopic (exact) mass is 423 g/mol. The van der Waals surface area contributed by atoms with Crippen molar-refractivity contribution in [2.75, 3.05) is 18.2 Å². The van der Waals surface area contributed by atoms with Crippen molar-refractivity contribution in [1.29, 1.82) is 0 Å². The lowest BCUT2D eigenvalue weighted by molar-refractivity contribution is 0.0601. The third kappa shape index (κ3) is 4.34. The molecule has 6 nitrogen and oxygen atoms in total. The Balaban J connectivity index is 1.91. The summed E-state index contributed by atoms with van der Waals surface area (Å²) < 4.78 is 4.93. The summed E-state index contributed by atoms with van der Waals surface area (Å²) in [6, 6.07) is 0. The van der Waals surface area contributed by atoms with Crippen molar-refractivity contribution in [2.24, 2.45) is 0 Å². The van der Waals surface area contributed by atoms with Gasteiger partial charge in [0.05, 0.1) is 23.9 Å². The Morgan fingerprint density at radius 3 is 2.96 bits per heavy atom. The Morgan fingerprint density at radius 1 is 1.44 bits per heavy atom. The summed E-state index contributed by atoms with van der Waals surface area (Å²) in [7, 11) is 1.34. The molecule has 1 aliphatic carbocycles. The number of esters is 1. The van der Waals surface area contributed by atoms with Gasteiger partial charge in [-0.15, -0.1) is 17.9 Å². The molecule has 2 aromatic heterocycles. The van der Waals surface area contributed by atoms with Gasteiger partial charge in [-0.3, -0.25) is 4.79 Å². The molecule has 0 atom stereocenters. The Kier molecular flexibility index (Phi) is 6.51. The van der Waals surface area contributed by atoms with Crippen molar-refractivity contribution < 1.29 is 14.3 Å². The van der Waals surface area contributed by atoms with Crippen LogP contribution >= 0.6 is 34.7 Å². The quantitative estimate of drug-likeness (QED) is 0.321. The summed E-state index contributed by atoms with van der Waals surface area (Å²) in [6.45, 7) is 3.65. The second-order valence-electron chi connectivity index (χ2n) is 5.81. The number of ether oxygens (including phenoxy) is 1. The molecule has 0 radical (unpaired) electrons. The maximum absolute atomic E-state index is 12.8. The number of rotatable bonds is 6. The molecule has 9 heteroatoms. The third-order valence-corrected chi connectivity index (χ3v) is 6.40. The van der Waals surface area contributed by atoms with Gasteiger partial charge in [-0.25, -0.2) is 14.8 Å². The van der Waals surface area contributed by atoms with Crippen molar-refractivity contribution in [3.05, 3.63) is 45.6 Å². The highest BCUT2D eigenvalue weighted by molar-refractivity contribution is 7.99. The van der Waals surface area contributed by atoms with E-state index in [-0.39, 0.29) is 10.7 Å². The Labute approximate surface area is 170 Å². The number of halogens is 1. The van der Waals surface area contributed by atoms with Gasteiger partial charge < -0.3 is 10.1 Å². The SMILES string of the molecule is C=CCSc1ncc(Cl)c(C(=O)Nc2sc3c(c2C(=O)OC)CCCC3)n1. The van der Waals surface area contributed by atoms with Gasteiger partial charge in [-0.1, -0.05) is 29.4 Å². The average Bonchev–Trinajstić information content (AvgIpc) is 3.04. The zero-order chi connectivity index (χ0) is 19.4. The normalized spacial score (nSPS) is 13.0. The summed E-state index contributed by atoms with van der Waals surface area (Å²) in [5.74, 6) is -0.306. The standard InChI is InChI=1S/C18H18ClN3O3S2/c1-3-8-26-18-20-9-11(19)14(21-18)15(23)22-16-13(17(24)25-2)10-6-4-5-7-12(10)27-16/h3,9H,1,4-8H2,2H3,(H,22,23). The van der Waals surface area contributed by atoms with Gasteiger partial charge in [0, 0.05) is 10.6 Å². The van der Waals surface area contributed by atoms with E-state index >= 15 is 0 Å². The number of carbonyl (C=O) groups excluding carboxylic acids is 2. The van der Waals surface area contributed by atoms with E-state index in [1.54, 1.807) is 6.08 Å². The van der Waals surface area contributed by atoms with Gasteiger partial charge >= 0.3 is 5.97 Å². The number of anilines is 1. The number of nitrogens with zero attached hydrogens (tertiary/aromatic N) is 2. The van der Waals surface area contributed by atoms with Gasteiger partial charge in [0.2, 0.25) is 0 Å². The lowest BCUT2D eigenvalue weighted by Crippen LogP contribution is -2.17. The number of amides is 1. The van der Waals surface area contributed by atoms with Crippen LogP contribution in [0.25, 0.3) is 0 Å². The molecule has 27 heavy (non-hydrogen) atoms. The van der Waals surface area contributed by atoms with E-state index < -0.39 is 11.9 Å². The van der Waals surface area contributed by atoms with Crippen LogP contribution in [0, 0.1) is 0 Å². The fraction of sp³-hybridized carbons (Fsp3) is 0.333. The minimum Gasteiger partial charge on any atom is -0.465 e. The number of hydrogen-bond donors (Lipinski definition) is 1. The summed E-state index contributed by atoms with van der Waals surface area (Å²) in [6.07, 6.45) is 6.92. The lowest BCUT2D eigenvalue weighted by atomic mass is 9.95. The number of thiophene rings is 1. The average molecular weight is 424 g/mol. The van der Waals surface area contributed by atoms with E-state index in [0.29, 0.717) is 21.5 Å². The van der Waals surface area contributed by atoms with Crippen LogP contribution in [0.5, 0.6) is 0 Å². The topological polar surface area (TPSA) is 81.2 Å². The molecule has 2 heterocycles. The molecule has 0 aromatic carbocycles. The third-order valence-electron chi connectivity index (χ3n) is 4.06. The molecule has 0 unspecified atom stereocenters. The largest absolute Gasteiger partial charge is 0.465 e. The molecule has 0 bridgehead atoms. The molecular weight excluding hydrogens is 406 g/mol. The predicted octanol–water partition coefficient (Wildman–Crippen LogP) is 4.39. The highest BCUT2D eigenvalue weighted by atomic mass is 35.5. The number of nitrogens with one attached hydrogen (secondary N) is 1. The maximum atomic E-state index is 12.8. The Morgan fingerprint density at radius 2 is 2.22 bits per heavy atom. The molecular formula is C18H18ClN3O3S2. The molecule has 0 saturated heterocycles. The second-order valence-corrected chi connectivity index (χ2v) is 8.31. The first-order chi connectivity index (χ1) is 13.0. The van der Waals surface area contributed by atoms with Crippen LogP contribution in [0.2, 0.25) is 5.02 Å². The van der Waals surface area contributed by atoms with E-state index in [1.807, 2.05) is 0 Å². The number of methoxy groups -OCH3 is 1. The van der Waals surface area contributed by atoms with E-state index in [4.69, 9.17) is 16.3 Å². The van der Waals surface area contributed by atoms with Crippen LogP contribution in [0.3, 0.4) is 0 Å². The van der Waals surface area contributed by atoms with E-state index in [9.17, 15) is 9.59 Å². The van der Waals surface area contributed by atoms with Crippen molar-refractivity contribution in [3.8, 4) is 0 Å².